The van der Waals surface area contributed by atoms with Crippen LogP contribution in [0.25, 0.3) is 0 Å². The molecule has 0 spiro atoms. The van der Waals surface area contributed by atoms with Crippen LogP contribution in [0.2, 0.25) is 0 Å². The Kier molecular flexibility index (Phi) is 9.52. The molecule has 0 aliphatic rings. The van der Waals surface area contributed by atoms with E-state index < -0.39 is 27.9 Å². The normalized spacial score (nSPS) is 10.7. The maximum atomic E-state index is 12.6. The van der Waals surface area contributed by atoms with Crippen LogP contribution in [0.1, 0.15) is 10.4 Å². The highest BCUT2D eigenvalue weighted by Crippen LogP contribution is 2.16. The Balaban J connectivity index is 1.52. The summed E-state index contributed by atoms with van der Waals surface area (Å²) >= 11 is 0. The molecule has 1 heterocycles. The largest absolute Gasteiger partial charge is 0.484 e. The van der Waals surface area contributed by atoms with E-state index in [1.54, 1.807) is 24.3 Å². The van der Waals surface area contributed by atoms with Crippen LogP contribution >= 0.6 is 0 Å². The Bertz CT molecular complexity index is 1320. The van der Waals surface area contributed by atoms with Gasteiger partial charge in [-0.05, 0) is 42.5 Å². The molecular weight excluding hydrogens is 504 g/mol. The monoisotopic (exact) mass is 528 g/mol. The van der Waals surface area contributed by atoms with Gasteiger partial charge in [0, 0.05) is 31.6 Å². The maximum absolute atomic E-state index is 12.6. The smallest absolute Gasteiger partial charge is 0.414 e. The molecule has 3 aromatic rings. The van der Waals surface area contributed by atoms with Gasteiger partial charge in [-0.2, -0.15) is 0 Å². The fourth-order valence-electron chi connectivity index (χ4n) is 2.78. The molecule has 1 aromatic heterocycles. The van der Waals surface area contributed by atoms with Gasteiger partial charge in [-0.15, -0.1) is 0 Å². The van der Waals surface area contributed by atoms with Gasteiger partial charge < -0.3 is 24.8 Å². The first kappa shape index (κ1) is 27.1. The molecule has 3 rings (SSSR count). The number of methoxy groups -OCH3 is 1. The third-order valence-electron chi connectivity index (χ3n) is 4.56. The zero-order valence-electron chi connectivity index (χ0n) is 19.7. The van der Waals surface area contributed by atoms with Gasteiger partial charge in [0.15, 0.2) is 6.61 Å². The van der Waals surface area contributed by atoms with E-state index in [4.69, 9.17) is 14.2 Å². The second-order valence-electron chi connectivity index (χ2n) is 7.30. The van der Waals surface area contributed by atoms with E-state index in [-0.39, 0.29) is 29.5 Å². The average Bonchev–Trinajstić information content (AvgIpc) is 2.89. The number of nitrogens with zero attached hydrogens (tertiary/aromatic N) is 1. The van der Waals surface area contributed by atoms with Gasteiger partial charge in [0.25, 0.3) is 21.8 Å². The van der Waals surface area contributed by atoms with Crippen LogP contribution in [0.4, 0.5) is 10.5 Å². The van der Waals surface area contributed by atoms with E-state index >= 15 is 0 Å². The van der Waals surface area contributed by atoms with Crippen LogP contribution in [0.15, 0.2) is 77.8 Å². The van der Waals surface area contributed by atoms with Crippen molar-refractivity contribution in [1.29, 1.82) is 0 Å². The number of aromatic nitrogens is 1. The number of benzene rings is 2. The Morgan fingerprint density at radius 3 is 2.32 bits per heavy atom. The quantitative estimate of drug-likeness (QED) is 0.316. The van der Waals surface area contributed by atoms with Crippen molar-refractivity contribution in [2.45, 2.75) is 4.90 Å². The second kappa shape index (κ2) is 13.0. The number of carbonyl (C=O) groups excluding carboxylic acids is 3. The second-order valence-corrected chi connectivity index (χ2v) is 8.99. The van der Waals surface area contributed by atoms with Crippen molar-refractivity contribution in [1.82, 2.24) is 15.0 Å². The first-order valence-corrected chi connectivity index (χ1v) is 12.3. The summed E-state index contributed by atoms with van der Waals surface area (Å²) in [5, 5.41) is 5.02. The molecule has 37 heavy (non-hydrogen) atoms. The lowest BCUT2D eigenvalue weighted by Gasteiger charge is -2.10. The number of pyridine rings is 1. The number of anilines is 1. The zero-order valence-corrected chi connectivity index (χ0v) is 20.5. The molecule has 0 saturated carbocycles. The minimum atomic E-state index is -4.21. The molecule has 0 aliphatic heterocycles. The molecule has 13 heteroatoms. The van der Waals surface area contributed by atoms with Crippen LogP contribution < -0.4 is 24.8 Å². The summed E-state index contributed by atoms with van der Waals surface area (Å²) in [5.74, 6) is -0.907. The third kappa shape index (κ3) is 8.59. The molecule has 0 bridgehead atoms. The van der Waals surface area contributed by atoms with Crippen molar-refractivity contribution in [3.05, 3.63) is 78.5 Å². The maximum Gasteiger partial charge on any atom is 0.414 e. The van der Waals surface area contributed by atoms with Crippen molar-refractivity contribution in [3.8, 4) is 11.6 Å². The van der Waals surface area contributed by atoms with E-state index in [9.17, 15) is 22.8 Å². The molecule has 0 atom stereocenters. The molecule has 12 nitrogen and oxygen atoms in total. The van der Waals surface area contributed by atoms with Crippen molar-refractivity contribution in [2.24, 2.45) is 0 Å². The summed E-state index contributed by atoms with van der Waals surface area (Å²) in [4.78, 5) is 39.7. The summed E-state index contributed by atoms with van der Waals surface area (Å²) in [7, 11) is -2.73. The number of hydrogen-bond acceptors (Lipinski definition) is 9. The fourth-order valence-corrected chi connectivity index (χ4v) is 3.76. The van der Waals surface area contributed by atoms with E-state index in [0.717, 1.165) is 6.20 Å². The van der Waals surface area contributed by atoms with Gasteiger partial charge in [0.2, 0.25) is 5.88 Å². The number of rotatable bonds is 11. The predicted molar refractivity (Wildman–Crippen MR) is 132 cm³/mol. The molecular formula is C24H24N4O8S. The molecule has 0 radical (unpaired) electrons. The Labute approximate surface area is 213 Å². The van der Waals surface area contributed by atoms with Crippen LogP contribution in [0, 0.1) is 0 Å². The Hall–Kier alpha value is -4.49. The lowest BCUT2D eigenvalue weighted by atomic mass is 10.3. The fraction of sp³-hybridized carbons (Fsp3) is 0.167. The predicted octanol–water partition coefficient (Wildman–Crippen LogP) is 1.95. The number of ether oxygens (including phenoxy) is 3. The molecule has 194 valence electrons. The molecule has 0 fully saturated rings. The molecule has 0 saturated heterocycles. The van der Waals surface area contributed by atoms with Crippen LogP contribution in [-0.4, -0.2) is 58.2 Å². The van der Waals surface area contributed by atoms with Gasteiger partial charge in [0.1, 0.15) is 5.75 Å². The molecule has 0 aliphatic carbocycles. The standard InChI is InChI=1S/C24H24N4O8S/c1-34-14-13-25-24(31)36-22-12-7-17(15-26-22)23(30)28-37(32,33)20-10-8-18(9-11-20)27-21(29)16-35-19-5-3-2-4-6-19/h2-12,15H,13-14,16H2,1H3,(H,25,31)(H,27,29)(H,28,30). The first-order chi connectivity index (χ1) is 17.8. The SMILES string of the molecule is COCCNC(=O)Oc1ccc(C(=O)NS(=O)(=O)c2ccc(NC(=O)COc3ccccc3)cc2)cn1. The highest BCUT2D eigenvalue weighted by atomic mass is 32.2. The van der Waals surface area contributed by atoms with E-state index in [2.05, 4.69) is 15.6 Å². The van der Waals surface area contributed by atoms with Crippen molar-refractivity contribution in [2.75, 3.05) is 32.2 Å². The lowest BCUT2D eigenvalue weighted by molar-refractivity contribution is -0.118. The summed E-state index contributed by atoms with van der Waals surface area (Å²) in [6.07, 6.45) is 0.311. The topological polar surface area (TPSA) is 162 Å². The van der Waals surface area contributed by atoms with Gasteiger partial charge >= 0.3 is 6.09 Å². The van der Waals surface area contributed by atoms with Crippen LogP contribution in [0.5, 0.6) is 11.6 Å². The van der Waals surface area contributed by atoms with Gasteiger partial charge in [0.05, 0.1) is 17.1 Å². The minimum absolute atomic E-state index is 0.0713. The number of hydrogen-bond donors (Lipinski definition) is 3. The number of nitrogens with one attached hydrogen (secondary N) is 3. The third-order valence-corrected chi connectivity index (χ3v) is 5.91. The van der Waals surface area contributed by atoms with Crippen molar-refractivity contribution in [3.63, 3.8) is 0 Å². The van der Waals surface area contributed by atoms with E-state index in [0.29, 0.717) is 18.0 Å². The highest BCUT2D eigenvalue weighted by Gasteiger charge is 2.19. The summed E-state index contributed by atoms with van der Waals surface area (Å²) in [6, 6.07) is 16.5. The van der Waals surface area contributed by atoms with Crippen molar-refractivity contribution >= 4 is 33.6 Å². The summed E-state index contributed by atoms with van der Waals surface area (Å²) in [5.41, 5.74) is 0.274. The number of amides is 3. The van der Waals surface area contributed by atoms with E-state index in [1.807, 2.05) is 10.8 Å². The number of sulfonamides is 1. The molecule has 2 aromatic carbocycles. The van der Waals surface area contributed by atoms with Gasteiger partial charge in [-0.1, -0.05) is 18.2 Å². The first-order valence-electron chi connectivity index (χ1n) is 10.8. The minimum Gasteiger partial charge on any atom is -0.484 e. The van der Waals surface area contributed by atoms with E-state index in [1.165, 1.54) is 43.5 Å². The summed E-state index contributed by atoms with van der Waals surface area (Å²) < 4.78 is 42.2. The highest BCUT2D eigenvalue weighted by molar-refractivity contribution is 7.90. The molecule has 3 amide bonds. The Morgan fingerprint density at radius 2 is 1.68 bits per heavy atom. The molecule has 0 unspecified atom stereocenters. The lowest BCUT2D eigenvalue weighted by Crippen LogP contribution is -2.31. The van der Waals surface area contributed by atoms with Crippen molar-refractivity contribution < 1.29 is 37.0 Å². The van der Waals surface area contributed by atoms with Gasteiger partial charge in [-0.25, -0.2) is 22.9 Å². The molecule has 3 N–H and O–H groups in total. The average molecular weight is 529 g/mol. The Morgan fingerprint density at radius 1 is 0.946 bits per heavy atom. The summed E-state index contributed by atoms with van der Waals surface area (Å²) in [6.45, 7) is 0.317. The number of carbonyl (C=O) groups is 3. The zero-order chi connectivity index (χ0) is 26.7. The van der Waals surface area contributed by atoms with Crippen LogP contribution in [-0.2, 0) is 19.6 Å². The van der Waals surface area contributed by atoms with Crippen LogP contribution in [0.3, 0.4) is 0 Å². The van der Waals surface area contributed by atoms with Gasteiger partial charge in [-0.3, -0.25) is 9.59 Å². The number of para-hydroxylation sites is 1.